The van der Waals surface area contributed by atoms with E-state index in [4.69, 9.17) is 15.7 Å². The summed E-state index contributed by atoms with van der Waals surface area (Å²) < 4.78 is 5.37. The molecule has 0 saturated heterocycles. The molecule has 4 N–H and O–H groups in total. The third-order valence-electron chi connectivity index (χ3n) is 2.99. The number of nitrogens with two attached hydrogens (primary N) is 1. The number of nitrogens with zero attached hydrogens (tertiary/aromatic N) is 1. The fraction of sp³-hybridized carbons (Fsp3) is 0.429. The van der Waals surface area contributed by atoms with Gasteiger partial charge in [0, 0.05) is 11.1 Å². The van der Waals surface area contributed by atoms with Crippen molar-refractivity contribution in [2.45, 2.75) is 32.7 Å². The van der Waals surface area contributed by atoms with Crippen molar-refractivity contribution in [2.24, 2.45) is 10.9 Å². The van der Waals surface area contributed by atoms with Crippen LogP contribution in [0.3, 0.4) is 0 Å². The minimum Gasteiger partial charge on any atom is -0.484 e. The van der Waals surface area contributed by atoms with Crippen molar-refractivity contribution in [3.8, 4) is 5.75 Å². The van der Waals surface area contributed by atoms with E-state index >= 15 is 0 Å². The van der Waals surface area contributed by atoms with Gasteiger partial charge in [0.2, 0.25) is 0 Å². The Hall–Kier alpha value is -2.24. The van der Waals surface area contributed by atoms with Crippen molar-refractivity contribution < 1.29 is 14.7 Å². The number of hydrogen-bond acceptors (Lipinski definition) is 4. The lowest BCUT2D eigenvalue weighted by Gasteiger charge is -2.24. The van der Waals surface area contributed by atoms with Gasteiger partial charge in [-0.3, -0.25) is 4.79 Å². The zero-order valence-electron chi connectivity index (χ0n) is 12.0. The standard InChI is InChI=1S/C14H21N3O3/c1-4-14(2,3)16-12(18)9-20-11-7-5-10(6-8-11)13(15)17-19/h5-8,19H,4,9H2,1-3H3,(H2,15,17)(H,16,18). The second-order valence-electron chi connectivity index (χ2n) is 5.08. The van der Waals surface area contributed by atoms with Gasteiger partial charge in [0.1, 0.15) is 5.75 Å². The third kappa shape index (κ3) is 4.79. The molecule has 1 aromatic carbocycles. The van der Waals surface area contributed by atoms with Gasteiger partial charge in [0.15, 0.2) is 12.4 Å². The van der Waals surface area contributed by atoms with Gasteiger partial charge >= 0.3 is 0 Å². The van der Waals surface area contributed by atoms with Gasteiger partial charge in [-0.2, -0.15) is 0 Å². The fourth-order valence-corrected chi connectivity index (χ4v) is 1.43. The topological polar surface area (TPSA) is 96.9 Å². The summed E-state index contributed by atoms with van der Waals surface area (Å²) in [5, 5.41) is 14.3. The van der Waals surface area contributed by atoms with Crippen molar-refractivity contribution in [1.82, 2.24) is 5.32 Å². The third-order valence-corrected chi connectivity index (χ3v) is 2.99. The summed E-state index contributed by atoms with van der Waals surface area (Å²) in [6.45, 7) is 5.87. The largest absolute Gasteiger partial charge is 0.484 e. The number of amides is 1. The number of ether oxygens (including phenoxy) is 1. The Kier molecular flexibility index (Phi) is 5.37. The number of benzene rings is 1. The Morgan fingerprint density at radius 3 is 2.50 bits per heavy atom. The van der Waals surface area contributed by atoms with Crippen molar-refractivity contribution in [3.05, 3.63) is 29.8 Å². The molecule has 0 aliphatic rings. The van der Waals surface area contributed by atoms with E-state index in [-0.39, 0.29) is 23.9 Å². The second-order valence-corrected chi connectivity index (χ2v) is 5.08. The Morgan fingerprint density at radius 1 is 1.40 bits per heavy atom. The normalized spacial score (nSPS) is 12.1. The lowest BCUT2D eigenvalue weighted by molar-refractivity contribution is -0.124. The van der Waals surface area contributed by atoms with Crippen LogP contribution in [0.25, 0.3) is 0 Å². The smallest absolute Gasteiger partial charge is 0.258 e. The van der Waals surface area contributed by atoms with E-state index < -0.39 is 0 Å². The number of oxime groups is 1. The number of carbonyl (C=O) groups excluding carboxylic acids is 1. The molecule has 0 fully saturated rings. The predicted octanol–water partition coefficient (Wildman–Crippen LogP) is 1.46. The van der Waals surface area contributed by atoms with E-state index in [0.717, 1.165) is 6.42 Å². The van der Waals surface area contributed by atoms with Gasteiger partial charge in [-0.25, -0.2) is 0 Å². The van der Waals surface area contributed by atoms with Crippen LogP contribution in [0.5, 0.6) is 5.75 Å². The summed E-state index contributed by atoms with van der Waals surface area (Å²) in [7, 11) is 0. The van der Waals surface area contributed by atoms with Gasteiger partial charge in [0.05, 0.1) is 0 Å². The molecular weight excluding hydrogens is 258 g/mol. The Labute approximate surface area is 118 Å². The molecule has 0 saturated carbocycles. The SMILES string of the molecule is CCC(C)(C)NC(=O)COc1ccc(/C(N)=N/O)cc1. The molecule has 1 rings (SSSR count). The molecule has 6 nitrogen and oxygen atoms in total. The monoisotopic (exact) mass is 279 g/mol. The van der Waals surface area contributed by atoms with Crippen LogP contribution >= 0.6 is 0 Å². The number of hydrogen-bond donors (Lipinski definition) is 3. The van der Waals surface area contributed by atoms with Gasteiger partial charge in [-0.1, -0.05) is 12.1 Å². The average molecular weight is 279 g/mol. The Balaban J connectivity index is 2.52. The van der Waals surface area contributed by atoms with E-state index in [1.807, 2.05) is 20.8 Å². The molecule has 110 valence electrons. The first-order valence-electron chi connectivity index (χ1n) is 6.39. The Bertz CT molecular complexity index is 481. The molecule has 6 heteroatoms. The molecule has 0 radical (unpaired) electrons. The molecule has 0 bridgehead atoms. The van der Waals surface area contributed by atoms with Crippen molar-refractivity contribution in [2.75, 3.05) is 6.61 Å². The van der Waals surface area contributed by atoms with Crippen LogP contribution in [0.2, 0.25) is 0 Å². The molecule has 1 aromatic rings. The predicted molar refractivity (Wildman–Crippen MR) is 77.0 cm³/mol. The maximum absolute atomic E-state index is 11.7. The molecule has 0 heterocycles. The number of carbonyl (C=O) groups is 1. The Morgan fingerprint density at radius 2 is 2.00 bits per heavy atom. The van der Waals surface area contributed by atoms with Crippen LogP contribution in [0, 0.1) is 0 Å². The van der Waals surface area contributed by atoms with Crippen LogP contribution < -0.4 is 15.8 Å². The maximum atomic E-state index is 11.7. The highest BCUT2D eigenvalue weighted by Gasteiger charge is 2.17. The van der Waals surface area contributed by atoms with Crippen molar-refractivity contribution in [3.63, 3.8) is 0 Å². The summed E-state index contributed by atoms with van der Waals surface area (Å²) in [5.41, 5.74) is 5.79. The average Bonchev–Trinajstić information content (AvgIpc) is 2.44. The molecule has 0 unspecified atom stereocenters. The van der Waals surface area contributed by atoms with Gasteiger partial charge in [-0.15, -0.1) is 0 Å². The van der Waals surface area contributed by atoms with Crippen LogP contribution in [-0.2, 0) is 4.79 Å². The first-order chi connectivity index (χ1) is 9.38. The molecule has 1 amide bonds. The summed E-state index contributed by atoms with van der Waals surface area (Å²) in [4.78, 5) is 11.7. The highest BCUT2D eigenvalue weighted by Crippen LogP contribution is 2.12. The summed E-state index contributed by atoms with van der Waals surface area (Å²) in [5.74, 6) is 0.403. The lowest BCUT2D eigenvalue weighted by Crippen LogP contribution is -2.44. The van der Waals surface area contributed by atoms with E-state index in [2.05, 4.69) is 10.5 Å². The van der Waals surface area contributed by atoms with Crippen LogP contribution in [0.15, 0.2) is 29.4 Å². The zero-order valence-corrected chi connectivity index (χ0v) is 12.0. The van der Waals surface area contributed by atoms with Crippen molar-refractivity contribution >= 4 is 11.7 Å². The van der Waals surface area contributed by atoms with Crippen LogP contribution in [-0.4, -0.2) is 29.1 Å². The minimum absolute atomic E-state index is 0.0268. The maximum Gasteiger partial charge on any atom is 0.258 e. The van der Waals surface area contributed by atoms with E-state index in [1.165, 1.54) is 0 Å². The molecule has 0 aliphatic heterocycles. The summed E-state index contributed by atoms with van der Waals surface area (Å²) >= 11 is 0. The molecular formula is C14H21N3O3. The number of nitrogens with one attached hydrogen (secondary N) is 1. The van der Waals surface area contributed by atoms with Crippen LogP contribution in [0.4, 0.5) is 0 Å². The van der Waals surface area contributed by atoms with Gasteiger partial charge in [-0.05, 0) is 44.5 Å². The van der Waals surface area contributed by atoms with E-state index in [1.54, 1.807) is 24.3 Å². The highest BCUT2D eigenvalue weighted by molar-refractivity contribution is 5.97. The lowest BCUT2D eigenvalue weighted by atomic mass is 10.0. The molecule has 0 atom stereocenters. The highest BCUT2D eigenvalue weighted by atomic mass is 16.5. The first kappa shape index (κ1) is 15.8. The van der Waals surface area contributed by atoms with Gasteiger partial charge < -0.3 is 21.0 Å². The molecule has 0 spiro atoms. The number of rotatable bonds is 6. The van der Waals surface area contributed by atoms with Gasteiger partial charge in [0.25, 0.3) is 5.91 Å². The minimum atomic E-state index is -0.240. The fourth-order valence-electron chi connectivity index (χ4n) is 1.43. The molecule has 0 aromatic heterocycles. The molecule has 20 heavy (non-hydrogen) atoms. The summed E-state index contributed by atoms with van der Waals surface area (Å²) in [6.07, 6.45) is 0.840. The summed E-state index contributed by atoms with van der Waals surface area (Å²) in [6, 6.07) is 6.62. The van der Waals surface area contributed by atoms with Crippen molar-refractivity contribution in [1.29, 1.82) is 0 Å². The number of amidine groups is 1. The zero-order chi connectivity index (χ0) is 15.2. The van der Waals surface area contributed by atoms with E-state index in [0.29, 0.717) is 11.3 Å². The first-order valence-corrected chi connectivity index (χ1v) is 6.39. The second kappa shape index (κ2) is 6.79. The quantitative estimate of drug-likeness (QED) is 0.318. The van der Waals surface area contributed by atoms with E-state index in [9.17, 15) is 4.79 Å². The molecule has 0 aliphatic carbocycles. The van der Waals surface area contributed by atoms with Crippen LogP contribution in [0.1, 0.15) is 32.8 Å².